The van der Waals surface area contributed by atoms with Crippen molar-refractivity contribution in [1.82, 2.24) is 4.98 Å². The van der Waals surface area contributed by atoms with Gasteiger partial charge in [0.25, 0.3) is 0 Å². The topological polar surface area (TPSA) is 37.4 Å². The van der Waals surface area contributed by atoms with E-state index in [-0.39, 0.29) is 6.04 Å². The van der Waals surface area contributed by atoms with Crippen LogP contribution in [-0.4, -0.2) is 31.3 Å². The summed E-state index contributed by atoms with van der Waals surface area (Å²) in [6.07, 6.45) is 0. The second-order valence-electron chi connectivity index (χ2n) is 5.30. The predicted molar refractivity (Wildman–Crippen MR) is 88.4 cm³/mol. The molecule has 1 aliphatic rings. The summed E-state index contributed by atoms with van der Waals surface area (Å²) in [4.78, 5) is 6.89. The fourth-order valence-electron chi connectivity index (χ4n) is 2.49. The standard InChI is InChI=1S/C16H21N3OS/c1-12(16-11-21-13(2)18-16)17-14-3-5-15(6-4-14)19-7-9-20-10-8-19/h3-6,11-12,17H,7-10H2,1-2H3. The number of benzene rings is 1. The average molecular weight is 303 g/mol. The Balaban J connectivity index is 1.63. The van der Waals surface area contributed by atoms with Crippen LogP contribution >= 0.6 is 11.3 Å². The number of hydrogen-bond acceptors (Lipinski definition) is 5. The van der Waals surface area contributed by atoms with Crippen molar-refractivity contribution < 1.29 is 4.74 Å². The second-order valence-corrected chi connectivity index (χ2v) is 6.37. The molecular formula is C16H21N3OS. The van der Waals surface area contributed by atoms with Gasteiger partial charge < -0.3 is 15.0 Å². The van der Waals surface area contributed by atoms with E-state index >= 15 is 0 Å². The molecule has 1 saturated heterocycles. The maximum absolute atomic E-state index is 5.39. The minimum Gasteiger partial charge on any atom is -0.378 e. The van der Waals surface area contributed by atoms with E-state index in [4.69, 9.17) is 4.74 Å². The van der Waals surface area contributed by atoms with Crippen LogP contribution in [0.4, 0.5) is 11.4 Å². The van der Waals surface area contributed by atoms with E-state index in [1.54, 1.807) is 11.3 Å². The highest BCUT2D eigenvalue weighted by atomic mass is 32.1. The van der Waals surface area contributed by atoms with Crippen molar-refractivity contribution in [2.75, 3.05) is 36.5 Å². The first-order valence-corrected chi connectivity index (χ1v) is 8.21. The van der Waals surface area contributed by atoms with Crippen molar-refractivity contribution in [3.05, 3.63) is 40.3 Å². The number of nitrogens with one attached hydrogen (secondary N) is 1. The molecule has 1 aliphatic heterocycles. The Labute approximate surface area is 129 Å². The molecule has 0 spiro atoms. The van der Waals surface area contributed by atoms with E-state index in [2.05, 4.69) is 51.8 Å². The lowest BCUT2D eigenvalue weighted by molar-refractivity contribution is 0.122. The summed E-state index contributed by atoms with van der Waals surface area (Å²) in [5, 5.41) is 6.74. The number of aryl methyl sites for hydroxylation is 1. The molecule has 1 atom stereocenters. The van der Waals surface area contributed by atoms with Crippen LogP contribution in [0.2, 0.25) is 0 Å². The lowest BCUT2D eigenvalue weighted by atomic mass is 10.2. The molecule has 4 nitrogen and oxygen atoms in total. The van der Waals surface area contributed by atoms with Gasteiger partial charge in [-0.15, -0.1) is 11.3 Å². The van der Waals surface area contributed by atoms with Gasteiger partial charge >= 0.3 is 0 Å². The molecule has 2 aromatic rings. The molecule has 0 radical (unpaired) electrons. The van der Waals surface area contributed by atoms with Crippen molar-refractivity contribution in [3.63, 3.8) is 0 Å². The molecule has 1 aromatic heterocycles. The maximum atomic E-state index is 5.39. The minimum atomic E-state index is 0.226. The molecule has 0 saturated carbocycles. The molecule has 0 amide bonds. The Hall–Kier alpha value is -1.59. The van der Waals surface area contributed by atoms with Crippen LogP contribution in [0.3, 0.4) is 0 Å². The number of aromatic nitrogens is 1. The molecule has 0 aliphatic carbocycles. The van der Waals surface area contributed by atoms with Gasteiger partial charge in [0.1, 0.15) is 0 Å². The van der Waals surface area contributed by atoms with Gasteiger partial charge in [-0.2, -0.15) is 0 Å². The molecule has 1 unspecified atom stereocenters. The summed E-state index contributed by atoms with van der Waals surface area (Å²) in [7, 11) is 0. The number of morpholine rings is 1. The molecule has 5 heteroatoms. The number of hydrogen-bond donors (Lipinski definition) is 1. The first kappa shape index (κ1) is 14.4. The minimum absolute atomic E-state index is 0.226. The first-order chi connectivity index (χ1) is 10.2. The molecule has 3 rings (SSSR count). The third kappa shape index (κ3) is 3.54. The number of anilines is 2. The molecule has 0 bridgehead atoms. The summed E-state index contributed by atoms with van der Waals surface area (Å²) in [5.74, 6) is 0. The maximum Gasteiger partial charge on any atom is 0.0898 e. The summed E-state index contributed by atoms with van der Waals surface area (Å²) in [6, 6.07) is 8.85. The monoisotopic (exact) mass is 303 g/mol. The number of rotatable bonds is 4. The molecule has 112 valence electrons. The fraction of sp³-hybridized carbons (Fsp3) is 0.438. The molecule has 1 N–H and O–H groups in total. The zero-order valence-electron chi connectivity index (χ0n) is 12.5. The predicted octanol–water partition coefficient (Wildman–Crippen LogP) is 3.46. The van der Waals surface area contributed by atoms with Crippen molar-refractivity contribution in [2.45, 2.75) is 19.9 Å². The Bertz CT molecular complexity index is 575. The van der Waals surface area contributed by atoms with Gasteiger partial charge in [-0.3, -0.25) is 0 Å². The van der Waals surface area contributed by atoms with E-state index in [1.807, 2.05) is 6.92 Å². The summed E-state index contributed by atoms with van der Waals surface area (Å²) in [6.45, 7) is 7.77. The number of ether oxygens (including phenoxy) is 1. The lowest BCUT2D eigenvalue weighted by Gasteiger charge is -2.29. The van der Waals surface area contributed by atoms with Crippen LogP contribution in [0.5, 0.6) is 0 Å². The van der Waals surface area contributed by atoms with E-state index in [1.165, 1.54) is 5.69 Å². The van der Waals surface area contributed by atoms with Crippen LogP contribution in [0, 0.1) is 6.92 Å². The van der Waals surface area contributed by atoms with Crippen LogP contribution in [-0.2, 0) is 4.74 Å². The lowest BCUT2D eigenvalue weighted by Crippen LogP contribution is -2.36. The van der Waals surface area contributed by atoms with Gasteiger partial charge in [-0.25, -0.2) is 4.98 Å². The molecule has 1 aromatic carbocycles. The zero-order chi connectivity index (χ0) is 14.7. The van der Waals surface area contributed by atoms with Gasteiger partial charge in [0.2, 0.25) is 0 Å². The normalized spacial score (nSPS) is 16.8. The van der Waals surface area contributed by atoms with Crippen LogP contribution in [0.25, 0.3) is 0 Å². The second kappa shape index (κ2) is 6.45. The fourth-order valence-corrected chi connectivity index (χ4v) is 3.20. The number of thiazole rings is 1. The Morgan fingerprint density at radius 2 is 1.95 bits per heavy atom. The van der Waals surface area contributed by atoms with Crippen molar-refractivity contribution >= 4 is 22.7 Å². The van der Waals surface area contributed by atoms with E-state index < -0.39 is 0 Å². The van der Waals surface area contributed by atoms with E-state index in [0.717, 1.165) is 42.7 Å². The zero-order valence-corrected chi connectivity index (χ0v) is 13.3. The van der Waals surface area contributed by atoms with Crippen LogP contribution < -0.4 is 10.2 Å². The van der Waals surface area contributed by atoms with Crippen LogP contribution in [0.1, 0.15) is 23.7 Å². The van der Waals surface area contributed by atoms with Gasteiger partial charge in [0, 0.05) is 29.8 Å². The molecule has 21 heavy (non-hydrogen) atoms. The Morgan fingerprint density at radius 3 is 2.57 bits per heavy atom. The molecular weight excluding hydrogens is 282 g/mol. The smallest absolute Gasteiger partial charge is 0.0898 e. The van der Waals surface area contributed by atoms with Gasteiger partial charge in [0.15, 0.2) is 0 Å². The summed E-state index contributed by atoms with van der Waals surface area (Å²) < 4.78 is 5.39. The largest absolute Gasteiger partial charge is 0.378 e. The highest BCUT2D eigenvalue weighted by Gasteiger charge is 2.12. The van der Waals surface area contributed by atoms with Crippen LogP contribution in [0.15, 0.2) is 29.6 Å². The van der Waals surface area contributed by atoms with E-state index in [0.29, 0.717) is 0 Å². The average Bonchev–Trinajstić information content (AvgIpc) is 2.96. The highest BCUT2D eigenvalue weighted by Crippen LogP contribution is 2.23. The van der Waals surface area contributed by atoms with Crippen molar-refractivity contribution in [2.24, 2.45) is 0 Å². The third-order valence-electron chi connectivity index (χ3n) is 3.71. The summed E-state index contributed by atoms with van der Waals surface area (Å²) in [5.41, 5.74) is 3.50. The molecule has 2 heterocycles. The van der Waals surface area contributed by atoms with Crippen molar-refractivity contribution in [1.29, 1.82) is 0 Å². The van der Waals surface area contributed by atoms with Gasteiger partial charge in [0.05, 0.1) is 30.0 Å². The number of nitrogens with zero attached hydrogens (tertiary/aromatic N) is 2. The highest BCUT2D eigenvalue weighted by molar-refractivity contribution is 7.09. The van der Waals surface area contributed by atoms with E-state index in [9.17, 15) is 0 Å². The summed E-state index contributed by atoms with van der Waals surface area (Å²) >= 11 is 1.69. The quantitative estimate of drug-likeness (QED) is 0.938. The SMILES string of the molecule is Cc1nc(C(C)Nc2ccc(N3CCOCC3)cc2)cs1. The van der Waals surface area contributed by atoms with Gasteiger partial charge in [-0.05, 0) is 38.1 Å². The van der Waals surface area contributed by atoms with Gasteiger partial charge in [-0.1, -0.05) is 0 Å². The third-order valence-corrected chi connectivity index (χ3v) is 4.50. The molecule has 1 fully saturated rings. The first-order valence-electron chi connectivity index (χ1n) is 7.34. The Morgan fingerprint density at radius 1 is 1.24 bits per heavy atom. The Kier molecular flexibility index (Phi) is 4.41. The van der Waals surface area contributed by atoms with Crippen molar-refractivity contribution in [3.8, 4) is 0 Å².